The summed E-state index contributed by atoms with van der Waals surface area (Å²) < 4.78 is 11.1. The third-order valence-electron chi connectivity index (χ3n) is 5.05. The van der Waals surface area contributed by atoms with Gasteiger partial charge in [0.1, 0.15) is 24.2 Å². The quantitative estimate of drug-likeness (QED) is 0.528. The number of hydrogen-bond acceptors (Lipinski definition) is 4. The molecule has 0 aliphatic carbocycles. The van der Waals surface area contributed by atoms with Crippen molar-refractivity contribution in [3.63, 3.8) is 0 Å². The largest absolute Gasteiger partial charge is 0.497 e. The number of aliphatic hydroxyl groups is 1. The van der Waals surface area contributed by atoms with Gasteiger partial charge in [-0.05, 0) is 48.7 Å². The molecule has 1 N–H and O–H groups in total. The van der Waals surface area contributed by atoms with Crippen molar-refractivity contribution in [1.29, 1.82) is 0 Å². The number of aliphatic hydroxyl groups excluding tert-OH is 1. The molecule has 0 heterocycles. The first-order chi connectivity index (χ1) is 14.5. The number of para-hydroxylation sites is 1. The van der Waals surface area contributed by atoms with Gasteiger partial charge in [0.05, 0.1) is 7.11 Å². The molecule has 1 atom stereocenters. The fourth-order valence-electron chi connectivity index (χ4n) is 3.50. The van der Waals surface area contributed by atoms with Crippen LogP contribution in [0.5, 0.6) is 11.5 Å². The first-order valence-electron chi connectivity index (χ1n) is 10.3. The zero-order valence-corrected chi connectivity index (χ0v) is 18.0. The van der Waals surface area contributed by atoms with Crippen molar-refractivity contribution in [2.45, 2.75) is 33.0 Å². The number of rotatable bonds is 10. The topological polar surface area (TPSA) is 41.9 Å². The molecule has 0 fully saturated rings. The van der Waals surface area contributed by atoms with Crippen LogP contribution < -0.4 is 9.47 Å². The van der Waals surface area contributed by atoms with Gasteiger partial charge in [-0.3, -0.25) is 4.90 Å². The van der Waals surface area contributed by atoms with Gasteiger partial charge < -0.3 is 14.6 Å². The molecule has 0 aliphatic rings. The number of nitrogens with zero attached hydrogens (tertiary/aromatic N) is 1. The Bertz CT molecular complexity index is 924. The van der Waals surface area contributed by atoms with E-state index >= 15 is 0 Å². The van der Waals surface area contributed by atoms with Crippen molar-refractivity contribution in [2.24, 2.45) is 0 Å². The van der Waals surface area contributed by atoms with Gasteiger partial charge in [-0.25, -0.2) is 0 Å². The van der Waals surface area contributed by atoms with E-state index in [9.17, 15) is 5.11 Å². The molecule has 0 amide bonds. The maximum absolute atomic E-state index is 10.7. The smallest absolute Gasteiger partial charge is 0.122 e. The van der Waals surface area contributed by atoms with Gasteiger partial charge in [-0.2, -0.15) is 0 Å². The third kappa shape index (κ3) is 6.61. The Morgan fingerprint density at radius 2 is 1.60 bits per heavy atom. The molecule has 3 rings (SSSR count). The van der Waals surface area contributed by atoms with E-state index in [1.165, 1.54) is 16.7 Å². The van der Waals surface area contributed by atoms with E-state index in [-0.39, 0.29) is 6.61 Å². The molecule has 30 heavy (non-hydrogen) atoms. The van der Waals surface area contributed by atoms with E-state index in [0.29, 0.717) is 6.54 Å². The molecule has 4 heteroatoms. The highest BCUT2D eigenvalue weighted by atomic mass is 16.5. The highest BCUT2D eigenvalue weighted by Crippen LogP contribution is 2.18. The molecule has 0 saturated carbocycles. The highest BCUT2D eigenvalue weighted by molar-refractivity contribution is 5.31. The van der Waals surface area contributed by atoms with Gasteiger partial charge in [0.15, 0.2) is 0 Å². The molecule has 0 spiro atoms. The first-order valence-corrected chi connectivity index (χ1v) is 10.3. The van der Waals surface area contributed by atoms with Gasteiger partial charge in [0.2, 0.25) is 0 Å². The second kappa shape index (κ2) is 10.8. The van der Waals surface area contributed by atoms with Crippen LogP contribution in [-0.4, -0.2) is 36.4 Å². The Labute approximate surface area is 179 Å². The van der Waals surface area contributed by atoms with Crippen LogP contribution in [0.25, 0.3) is 0 Å². The number of benzene rings is 3. The summed E-state index contributed by atoms with van der Waals surface area (Å²) in [6.45, 7) is 6.38. The second-order valence-electron chi connectivity index (χ2n) is 7.74. The minimum atomic E-state index is -0.590. The zero-order chi connectivity index (χ0) is 21.3. The van der Waals surface area contributed by atoms with Crippen molar-refractivity contribution in [2.75, 3.05) is 20.3 Å². The maximum atomic E-state index is 10.7. The SMILES string of the molecule is COc1ccc(CN(Cc2cccc(C)c2)C[C@H](O)COc2ccccc2C)cc1. The lowest BCUT2D eigenvalue weighted by atomic mass is 10.1. The summed E-state index contributed by atoms with van der Waals surface area (Å²) >= 11 is 0. The third-order valence-corrected chi connectivity index (χ3v) is 5.05. The molecule has 3 aromatic rings. The molecule has 4 nitrogen and oxygen atoms in total. The fourth-order valence-corrected chi connectivity index (χ4v) is 3.50. The van der Waals surface area contributed by atoms with Crippen molar-refractivity contribution >= 4 is 0 Å². The van der Waals surface area contributed by atoms with E-state index in [1.807, 2.05) is 43.3 Å². The molecule has 0 radical (unpaired) electrons. The van der Waals surface area contributed by atoms with Gasteiger partial charge >= 0.3 is 0 Å². The maximum Gasteiger partial charge on any atom is 0.122 e. The molecular weight excluding hydrogens is 374 g/mol. The highest BCUT2D eigenvalue weighted by Gasteiger charge is 2.15. The van der Waals surface area contributed by atoms with Crippen LogP contribution in [0.4, 0.5) is 0 Å². The van der Waals surface area contributed by atoms with Crippen LogP contribution in [0.3, 0.4) is 0 Å². The Morgan fingerprint density at radius 3 is 2.30 bits per heavy atom. The lowest BCUT2D eigenvalue weighted by Gasteiger charge is -2.26. The summed E-state index contributed by atoms with van der Waals surface area (Å²) in [7, 11) is 1.67. The number of aryl methyl sites for hydroxylation is 2. The summed E-state index contributed by atoms with van der Waals surface area (Å²) in [6.07, 6.45) is -0.590. The van der Waals surface area contributed by atoms with Crippen molar-refractivity contribution in [3.05, 3.63) is 95.1 Å². The van der Waals surface area contributed by atoms with E-state index in [4.69, 9.17) is 9.47 Å². The predicted molar refractivity (Wildman–Crippen MR) is 121 cm³/mol. The summed E-state index contributed by atoms with van der Waals surface area (Å²) in [5.41, 5.74) is 4.71. The lowest BCUT2D eigenvalue weighted by molar-refractivity contribution is 0.0626. The molecule has 0 saturated heterocycles. The molecule has 0 bridgehead atoms. The Morgan fingerprint density at radius 1 is 0.867 bits per heavy atom. The summed E-state index contributed by atoms with van der Waals surface area (Å²) in [6, 6.07) is 24.4. The number of ether oxygens (including phenoxy) is 2. The second-order valence-corrected chi connectivity index (χ2v) is 7.74. The van der Waals surface area contributed by atoms with Gasteiger partial charge in [-0.15, -0.1) is 0 Å². The van der Waals surface area contributed by atoms with Crippen LogP contribution in [0.15, 0.2) is 72.8 Å². The van der Waals surface area contributed by atoms with Crippen LogP contribution in [0.2, 0.25) is 0 Å². The van der Waals surface area contributed by atoms with Gasteiger partial charge in [0, 0.05) is 19.6 Å². The van der Waals surface area contributed by atoms with Crippen LogP contribution in [0, 0.1) is 13.8 Å². The molecule has 158 valence electrons. The van der Waals surface area contributed by atoms with Crippen molar-refractivity contribution in [3.8, 4) is 11.5 Å². The van der Waals surface area contributed by atoms with Crippen molar-refractivity contribution in [1.82, 2.24) is 4.90 Å². The van der Waals surface area contributed by atoms with Crippen LogP contribution in [0.1, 0.15) is 22.3 Å². The average molecular weight is 406 g/mol. The van der Waals surface area contributed by atoms with Gasteiger partial charge in [0.25, 0.3) is 0 Å². The average Bonchev–Trinajstić information content (AvgIpc) is 2.74. The molecule has 0 unspecified atom stereocenters. The summed E-state index contributed by atoms with van der Waals surface area (Å²) in [5, 5.41) is 10.7. The van der Waals surface area contributed by atoms with E-state index in [0.717, 1.165) is 30.2 Å². The number of hydrogen-bond donors (Lipinski definition) is 1. The van der Waals surface area contributed by atoms with E-state index in [2.05, 4.69) is 48.2 Å². The predicted octanol–water partition coefficient (Wildman–Crippen LogP) is 4.75. The van der Waals surface area contributed by atoms with E-state index < -0.39 is 6.10 Å². The Hall–Kier alpha value is -2.82. The molecule has 0 aromatic heterocycles. The van der Waals surface area contributed by atoms with Gasteiger partial charge in [-0.1, -0.05) is 60.2 Å². The van der Waals surface area contributed by atoms with Crippen LogP contribution >= 0.6 is 0 Å². The standard InChI is InChI=1S/C26H31NO3/c1-20-7-6-9-23(15-20)17-27(16-22-11-13-25(29-3)14-12-22)18-24(28)19-30-26-10-5-4-8-21(26)2/h4-15,24,28H,16-19H2,1-3H3/t24-/m0/s1. The normalized spacial score (nSPS) is 12.0. The molecular formula is C26H31NO3. The molecule has 0 aliphatic heterocycles. The molecule has 3 aromatic carbocycles. The van der Waals surface area contributed by atoms with Crippen molar-refractivity contribution < 1.29 is 14.6 Å². The summed E-state index contributed by atoms with van der Waals surface area (Å²) in [5.74, 6) is 1.66. The first kappa shape index (κ1) is 21.9. The fraction of sp³-hybridized carbons (Fsp3) is 0.308. The minimum absolute atomic E-state index is 0.262. The Balaban J connectivity index is 1.66. The Kier molecular flexibility index (Phi) is 7.89. The van der Waals surface area contributed by atoms with Crippen LogP contribution in [-0.2, 0) is 13.1 Å². The van der Waals surface area contributed by atoms with E-state index in [1.54, 1.807) is 7.11 Å². The monoisotopic (exact) mass is 405 g/mol. The zero-order valence-electron chi connectivity index (χ0n) is 18.0. The summed E-state index contributed by atoms with van der Waals surface area (Å²) in [4.78, 5) is 2.25. The number of methoxy groups -OCH3 is 1. The minimum Gasteiger partial charge on any atom is -0.497 e. The lowest BCUT2D eigenvalue weighted by Crippen LogP contribution is -2.35.